The molecule has 0 spiro atoms. The van der Waals surface area contributed by atoms with Crippen LogP contribution in [0.4, 0.5) is 0 Å². The van der Waals surface area contributed by atoms with Crippen molar-refractivity contribution in [1.82, 2.24) is 10.3 Å². The van der Waals surface area contributed by atoms with Crippen molar-refractivity contribution < 1.29 is 4.21 Å². The fraction of sp³-hybridized carbons (Fsp3) is 0.750. The van der Waals surface area contributed by atoms with E-state index in [-0.39, 0.29) is 5.25 Å². The van der Waals surface area contributed by atoms with Gasteiger partial charge in [0.1, 0.15) is 0 Å². The van der Waals surface area contributed by atoms with Crippen LogP contribution in [0.1, 0.15) is 41.9 Å². The Morgan fingerprint density at radius 2 is 2.06 bits per heavy atom. The highest BCUT2D eigenvalue weighted by Gasteiger charge is 2.13. The number of rotatable bonds is 6. The Balaban J connectivity index is 2.42. The van der Waals surface area contributed by atoms with Crippen LogP contribution < -0.4 is 5.32 Å². The molecule has 0 bridgehead atoms. The third-order valence-electron chi connectivity index (χ3n) is 2.90. The average molecular weight is 274 g/mol. The topological polar surface area (TPSA) is 42.0 Å². The number of hydrogen-bond acceptors (Lipinski definition) is 4. The van der Waals surface area contributed by atoms with Crippen molar-refractivity contribution in [2.45, 2.75) is 45.4 Å². The number of thiazole rings is 1. The molecule has 0 radical (unpaired) electrons. The van der Waals surface area contributed by atoms with Crippen LogP contribution in [0.15, 0.2) is 0 Å². The third kappa shape index (κ3) is 4.48. The predicted octanol–water partition coefficient (Wildman–Crippen LogP) is 2.57. The molecule has 0 aromatic carbocycles. The number of aryl methyl sites for hydroxylation is 2. The zero-order chi connectivity index (χ0) is 13.0. The summed E-state index contributed by atoms with van der Waals surface area (Å²) in [7, 11) is -0.720. The van der Waals surface area contributed by atoms with E-state index in [4.69, 9.17) is 0 Å². The lowest BCUT2D eigenvalue weighted by Crippen LogP contribution is -2.24. The van der Waals surface area contributed by atoms with Crippen LogP contribution in [0.3, 0.4) is 0 Å². The van der Waals surface area contributed by atoms with E-state index < -0.39 is 10.8 Å². The maximum atomic E-state index is 11.2. The predicted molar refractivity (Wildman–Crippen MR) is 76.2 cm³/mol. The molecule has 17 heavy (non-hydrogen) atoms. The molecule has 5 heteroatoms. The molecule has 1 aromatic rings. The van der Waals surface area contributed by atoms with Gasteiger partial charge in [0.25, 0.3) is 0 Å². The Bertz CT molecular complexity index is 390. The van der Waals surface area contributed by atoms with E-state index in [1.165, 1.54) is 4.88 Å². The average Bonchev–Trinajstić information content (AvgIpc) is 2.57. The van der Waals surface area contributed by atoms with Gasteiger partial charge in [0.15, 0.2) is 0 Å². The molecule has 1 rings (SSSR count). The summed E-state index contributed by atoms with van der Waals surface area (Å²) < 4.78 is 11.2. The van der Waals surface area contributed by atoms with E-state index >= 15 is 0 Å². The SMILES string of the molecule is Cc1nc(C)c(C(C)NCCC(C)S(C)=O)s1. The molecule has 0 amide bonds. The molecule has 1 aromatic heterocycles. The minimum atomic E-state index is -0.720. The maximum Gasteiger partial charge on any atom is 0.0900 e. The van der Waals surface area contributed by atoms with Gasteiger partial charge in [-0.2, -0.15) is 0 Å². The van der Waals surface area contributed by atoms with Gasteiger partial charge in [0, 0.05) is 33.2 Å². The molecule has 0 fully saturated rings. The number of nitrogens with one attached hydrogen (secondary N) is 1. The summed E-state index contributed by atoms with van der Waals surface area (Å²) in [5.74, 6) is 0. The van der Waals surface area contributed by atoms with Crippen molar-refractivity contribution in [3.8, 4) is 0 Å². The summed E-state index contributed by atoms with van der Waals surface area (Å²) in [5, 5.41) is 4.86. The van der Waals surface area contributed by atoms with Crippen LogP contribution in [0.25, 0.3) is 0 Å². The summed E-state index contributed by atoms with van der Waals surface area (Å²) in [6.45, 7) is 9.19. The Kier molecular flexibility index (Phi) is 5.76. The summed E-state index contributed by atoms with van der Waals surface area (Å²) in [5.41, 5.74) is 1.12. The first-order valence-corrected chi connectivity index (χ1v) is 8.35. The molecule has 0 saturated heterocycles. The van der Waals surface area contributed by atoms with Crippen LogP contribution in [0, 0.1) is 13.8 Å². The number of hydrogen-bond donors (Lipinski definition) is 1. The first-order chi connectivity index (χ1) is 7.91. The smallest absolute Gasteiger partial charge is 0.0900 e. The van der Waals surface area contributed by atoms with Crippen molar-refractivity contribution in [2.24, 2.45) is 0 Å². The highest BCUT2D eigenvalue weighted by atomic mass is 32.2. The van der Waals surface area contributed by atoms with Crippen LogP contribution >= 0.6 is 11.3 Å². The van der Waals surface area contributed by atoms with Crippen LogP contribution in [-0.4, -0.2) is 27.2 Å². The lowest BCUT2D eigenvalue weighted by molar-refractivity contribution is 0.557. The van der Waals surface area contributed by atoms with Gasteiger partial charge in [-0.15, -0.1) is 11.3 Å². The van der Waals surface area contributed by atoms with Crippen molar-refractivity contribution in [1.29, 1.82) is 0 Å². The van der Waals surface area contributed by atoms with Gasteiger partial charge < -0.3 is 5.32 Å². The van der Waals surface area contributed by atoms with E-state index in [1.54, 1.807) is 17.6 Å². The summed E-state index contributed by atoms with van der Waals surface area (Å²) >= 11 is 1.75. The summed E-state index contributed by atoms with van der Waals surface area (Å²) in [4.78, 5) is 5.75. The minimum absolute atomic E-state index is 0.263. The Morgan fingerprint density at radius 1 is 1.41 bits per heavy atom. The minimum Gasteiger partial charge on any atom is -0.309 e. The molecule has 0 aliphatic carbocycles. The van der Waals surface area contributed by atoms with Crippen molar-refractivity contribution >= 4 is 22.1 Å². The lowest BCUT2D eigenvalue weighted by Gasteiger charge is -2.14. The number of aromatic nitrogens is 1. The second-order valence-electron chi connectivity index (χ2n) is 4.46. The Labute approximate surface area is 111 Å². The van der Waals surface area contributed by atoms with Gasteiger partial charge in [0.05, 0.1) is 10.7 Å². The van der Waals surface area contributed by atoms with Gasteiger partial charge in [0.2, 0.25) is 0 Å². The Hall–Kier alpha value is -0.260. The molecule has 1 heterocycles. The first-order valence-electron chi connectivity index (χ1n) is 5.91. The normalized spacial score (nSPS) is 16.8. The van der Waals surface area contributed by atoms with Gasteiger partial charge >= 0.3 is 0 Å². The fourth-order valence-corrected chi connectivity index (χ4v) is 3.11. The highest BCUT2D eigenvalue weighted by Crippen LogP contribution is 2.24. The standard InChI is InChI=1S/C12H22N2OS2/c1-8(17(5)15)6-7-13-9(2)12-10(3)14-11(4)16-12/h8-9,13H,6-7H2,1-5H3. The van der Waals surface area contributed by atoms with Gasteiger partial charge in [-0.25, -0.2) is 4.98 Å². The second kappa shape index (κ2) is 6.61. The van der Waals surface area contributed by atoms with E-state index in [1.807, 2.05) is 13.8 Å². The molecule has 1 N–H and O–H groups in total. The maximum absolute atomic E-state index is 11.2. The molecular formula is C12H22N2OS2. The highest BCUT2D eigenvalue weighted by molar-refractivity contribution is 7.84. The molecule has 98 valence electrons. The molecule has 0 aliphatic rings. The van der Waals surface area contributed by atoms with Crippen molar-refractivity contribution in [3.63, 3.8) is 0 Å². The quantitative estimate of drug-likeness (QED) is 0.867. The van der Waals surface area contributed by atoms with E-state index in [9.17, 15) is 4.21 Å². The van der Waals surface area contributed by atoms with Crippen molar-refractivity contribution in [2.75, 3.05) is 12.8 Å². The molecule has 3 unspecified atom stereocenters. The monoisotopic (exact) mass is 274 g/mol. The summed E-state index contributed by atoms with van der Waals surface area (Å²) in [6, 6.07) is 0.332. The molecular weight excluding hydrogens is 252 g/mol. The van der Waals surface area contributed by atoms with Gasteiger partial charge in [-0.05, 0) is 33.7 Å². The summed E-state index contributed by atoms with van der Waals surface area (Å²) in [6.07, 6.45) is 2.72. The zero-order valence-electron chi connectivity index (χ0n) is 11.2. The van der Waals surface area contributed by atoms with Crippen LogP contribution in [0.2, 0.25) is 0 Å². The number of nitrogens with zero attached hydrogens (tertiary/aromatic N) is 1. The van der Waals surface area contributed by atoms with Gasteiger partial charge in [-0.3, -0.25) is 4.21 Å². The van der Waals surface area contributed by atoms with E-state index in [0.717, 1.165) is 23.7 Å². The molecule has 3 atom stereocenters. The van der Waals surface area contributed by atoms with Crippen LogP contribution in [0.5, 0.6) is 0 Å². The third-order valence-corrected chi connectivity index (χ3v) is 5.53. The largest absolute Gasteiger partial charge is 0.309 e. The Morgan fingerprint density at radius 3 is 2.53 bits per heavy atom. The lowest BCUT2D eigenvalue weighted by atomic mass is 10.2. The molecule has 0 aliphatic heterocycles. The van der Waals surface area contributed by atoms with Gasteiger partial charge in [-0.1, -0.05) is 6.92 Å². The fourth-order valence-electron chi connectivity index (χ4n) is 1.71. The molecule has 0 saturated carbocycles. The second-order valence-corrected chi connectivity index (χ2v) is 7.49. The molecule has 3 nitrogen and oxygen atoms in total. The van der Waals surface area contributed by atoms with E-state index in [2.05, 4.69) is 24.1 Å². The van der Waals surface area contributed by atoms with Crippen LogP contribution in [-0.2, 0) is 10.8 Å². The van der Waals surface area contributed by atoms with E-state index in [0.29, 0.717) is 6.04 Å². The zero-order valence-corrected chi connectivity index (χ0v) is 12.9. The first kappa shape index (κ1) is 14.8. The van der Waals surface area contributed by atoms with Crippen molar-refractivity contribution in [3.05, 3.63) is 15.6 Å².